The number of hydrogen-bond donors (Lipinski definition) is 0. The summed E-state index contributed by atoms with van der Waals surface area (Å²) < 4.78 is 12.0. The first-order valence-electron chi connectivity index (χ1n) is 2.30. The molecule has 0 aliphatic rings. The van der Waals surface area contributed by atoms with Gasteiger partial charge in [-0.3, -0.25) is 4.98 Å². The minimum Gasteiger partial charge on any atom is -0.263 e. The second-order valence-electron chi connectivity index (χ2n) is 1.52. The van der Waals surface area contributed by atoms with Gasteiger partial charge in [0, 0.05) is 32.7 Å². The molecule has 9 heavy (non-hydrogen) atoms. The summed E-state index contributed by atoms with van der Waals surface area (Å²) in [5.41, 5.74) is 0.682. The van der Waals surface area contributed by atoms with E-state index in [1.807, 2.05) is 0 Å². The van der Waals surface area contributed by atoms with E-state index in [0.29, 0.717) is 5.69 Å². The van der Waals surface area contributed by atoms with Crippen molar-refractivity contribution in [1.82, 2.24) is 4.98 Å². The summed E-state index contributed by atoms with van der Waals surface area (Å²) in [6.07, 6.45) is 0. The Kier molecular flexibility index (Phi) is 4.16. The Hall–Kier alpha value is 0.184. The molecule has 0 saturated heterocycles. The number of hydrogen-bond acceptors (Lipinski definition) is 1. The van der Waals surface area contributed by atoms with E-state index in [1.165, 1.54) is 6.07 Å². The molecule has 1 aromatic rings. The molecule has 0 aromatic carbocycles. The van der Waals surface area contributed by atoms with Crippen LogP contribution in [0, 0.1) is 18.9 Å². The Morgan fingerprint density at radius 3 is 2.67 bits per heavy atom. The summed E-state index contributed by atoms with van der Waals surface area (Å²) in [5.74, 6) is -0.537. The summed E-state index contributed by atoms with van der Waals surface area (Å²) in [6.45, 7) is 1.73. The van der Waals surface area contributed by atoms with Gasteiger partial charge in [0.25, 0.3) is 0 Å². The average Bonchev–Trinajstić information content (AvgIpc) is 1.64. The molecule has 1 nitrogen and oxygen atoms in total. The van der Waals surface area contributed by atoms with Crippen molar-refractivity contribution in [2.45, 2.75) is 6.92 Å². The van der Waals surface area contributed by atoms with Crippen LogP contribution >= 0.6 is 0 Å². The maximum absolute atomic E-state index is 12.0. The van der Waals surface area contributed by atoms with Crippen LogP contribution < -0.4 is 0 Å². The molecule has 45 valence electrons. The third kappa shape index (κ3) is 3.02. The molecule has 0 atom stereocenters. The zero-order valence-corrected chi connectivity index (χ0v) is 7.90. The Balaban J connectivity index is 0.000000640. The van der Waals surface area contributed by atoms with Crippen LogP contribution in [0.25, 0.3) is 0 Å². The van der Waals surface area contributed by atoms with Crippen LogP contribution in [0.15, 0.2) is 12.1 Å². The summed E-state index contributed by atoms with van der Waals surface area (Å²) in [5, 5.41) is 0. The smallest absolute Gasteiger partial charge is 0.120 e. The van der Waals surface area contributed by atoms with E-state index >= 15 is 0 Å². The number of rotatable bonds is 0. The Bertz CT molecular complexity index is 173. The predicted octanol–water partition coefficient (Wildman–Crippen LogP) is 1.33. The maximum atomic E-state index is 12.0. The van der Waals surface area contributed by atoms with E-state index in [4.69, 9.17) is 0 Å². The third-order valence-electron chi connectivity index (χ3n) is 0.801. The number of nitrogens with zero attached hydrogens (tertiary/aromatic N) is 1. The number of aryl methyl sites for hydroxylation is 1. The molecule has 0 N–H and O–H groups in total. The number of halogens is 1. The largest absolute Gasteiger partial charge is 0.263 e. The van der Waals surface area contributed by atoms with Crippen molar-refractivity contribution in [3.8, 4) is 0 Å². The summed E-state index contributed by atoms with van der Waals surface area (Å²) in [4.78, 5) is 3.45. The molecule has 1 rings (SSSR count). The second kappa shape index (κ2) is 4.07. The SMILES string of the molecule is Cc1cc[c-]c(F)n1.[Y]. The monoisotopic (exact) mass is 199 g/mol. The number of pyridine rings is 1. The molecule has 0 amide bonds. The van der Waals surface area contributed by atoms with Crippen LogP contribution in [0.1, 0.15) is 5.69 Å². The fourth-order valence-electron chi connectivity index (χ4n) is 0.455. The van der Waals surface area contributed by atoms with Gasteiger partial charge in [-0.2, -0.15) is 12.1 Å². The van der Waals surface area contributed by atoms with Crippen molar-refractivity contribution in [3.05, 3.63) is 29.8 Å². The predicted molar refractivity (Wildman–Crippen MR) is 27.8 cm³/mol. The van der Waals surface area contributed by atoms with Crippen molar-refractivity contribution in [3.63, 3.8) is 0 Å². The van der Waals surface area contributed by atoms with Crippen molar-refractivity contribution in [2.75, 3.05) is 0 Å². The van der Waals surface area contributed by atoms with Gasteiger partial charge in [-0.15, -0.1) is 0 Å². The van der Waals surface area contributed by atoms with Gasteiger partial charge in [0.05, 0.1) is 0 Å². The van der Waals surface area contributed by atoms with Crippen molar-refractivity contribution >= 4 is 0 Å². The van der Waals surface area contributed by atoms with Gasteiger partial charge in [-0.1, -0.05) is 0 Å². The minimum absolute atomic E-state index is 0. The van der Waals surface area contributed by atoms with Gasteiger partial charge < -0.3 is 0 Å². The van der Waals surface area contributed by atoms with E-state index in [1.54, 1.807) is 13.0 Å². The maximum Gasteiger partial charge on any atom is 0.120 e. The fourth-order valence-corrected chi connectivity index (χ4v) is 0.455. The molecule has 0 aliphatic heterocycles. The van der Waals surface area contributed by atoms with Gasteiger partial charge in [0.1, 0.15) is 5.95 Å². The minimum atomic E-state index is -0.537. The van der Waals surface area contributed by atoms with Crippen molar-refractivity contribution in [2.24, 2.45) is 0 Å². The van der Waals surface area contributed by atoms with E-state index in [-0.39, 0.29) is 32.7 Å². The standard InChI is InChI=1S/C6H5FN.Y/c1-5-3-2-4-6(7)8-5;/h2-3H,1H3;/q-1;. The van der Waals surface area contributed by atoms with Gasteiger partial charge in [0.15, 0.2) is 0 Å². The number of aromatic nitrogens is 1. The van der Waals surface area contributed by atoms with Gasteiger partial charge in [-0.05, 0) is 12.6 Å². The van der Waals surface area contributed by atoms with E-state index < -0.39 is 5.95 Å². The summed E-state index contributed by atoms with van der Waals surface area (Å²) in [6, 6.07) is 5.50. The molecule has 0 saturated carbocycles. The van der Waals surface area contributed by atoms with Gasteiger partial charge >= 0.3 is 0 Å². The molecule has 0 bridgehead atoms. The molecular weight excluding hydrogens is 194 g/mol. The molecule has 1 aromatic heterocycles. The summed E-state index contributed by atoms with van der Waals surface area (Å²) in [7, 11) is 0. The van der Waals surface area contributed by atoms with E-state index in [0.717, 1.165) is 0 Å². The average molecular weight is 199 g/mol. The Labute approximate surface area is 78.6 Å². The first kappa shape index (κ1) is 9.18. The Morgan fingerprint density at radius 1 is 1.67 bits per heavy atom. The zero-order valence-electron chi connectivity index (χ0n) is 5.06. The summed E-state index contributed by atoms with van der Waals surface area (Å²) >= 11 is 0. The van der Waals surface area contributed by atoms with Crippen molar-refractivity contribution in [1.29, 1.82) is 0 Å². The van der Waals surface area contributed by atoms with Crippen LogP contribution in [0.2, 0.25) is 0 Å². The van der Waals surface area contributed by atoms with Crippen LogP contribution in [-0.4, -0.2) is 4.98 Å². The third-order valence-corrected chi connectivity index (χ3v) is 0.801. The molecule has 0 aliphatic carbocycles. The van der Waals surface area contributed by atoms with Crippen molar-refractivity contribution < 1.29 is 37.1 Å². The quantitative estimate of drug-likeness (QED) is 0.453. The van der Waals surface area contributed by atoms with E-state index in [2.05, 4.69) is 11.1 Å². The first-order valence-corrected chi connectivity index (χ1v) is 2.30. The zero-order chi connectivity index (χ0) is 5.98. The van der Waals surface area contributed by atoms with Crippen LogP contribution in [0.4, 0.5) is 4.39 Å². The Morgan fingerprint density at radius 2 is 2.33 bits per heavy atom. The topological polar surface area (TPSA) is 12.9 Å². The van der Waals surface area contributed by atoms with E-state index in [9.17, 15) is 4.39 Å². The molecule has 1 heterocycles. The first-order chi connectivity index (χ1) is 3.79. The van der Waals surface area contributed by atoms with Gasteiger partial charge in [0.2, 0.25) is 0 Å². The van der Waals surface area contributed by atoms with Crippen LogP contribution in [-0.2, 0) is 32.7 Å². The molecule has 0 fully saturated rings. The molecule has 0 unspecified atom stereocenters. The van der Waals surface area contributed by atoms with Crippen LogP contribution in [0.3, 0.4) is 0 Å². The van der Waals surface area contributed by atoms with Crippen LogP contribution in [0.5, 0.6) is 0 Å². The second-order valence-corrected chi connectivity index (χ2v) is 1.52. The van der Waals surface area contributed by atoms with Gasteiger partial charge in [-0.25, -0.2) is 10.5 Å². The molecule has 0 spiro atoms. The molecular formula is C6H5FNY-. The molecule has 3 heteroatoms. The molecule has 1 radical (unpaired) electrons. The fraction of sp³-hybridized carbons (Fsp3) is 0.167. The normalized spacial score (nSPS) is 8.22.